The van der Waals surface area contributed by atoms with Gasteiger partial charge in [0, 0.05) is 18.8 Å². The number of rotatable bonds is 5. The van der Waals surface area contributed by atoms with Crippen LogP contribution in [-0.2, 0) is 14.4 Å². The monoisotopic (exact) mass is 430 g/mol. The van der Waals surface area contributed by atoms with Crippen LogP contribution in [0.4, 0.5) is 0 Å². The maximum absolute atomic E-state index is 12.1. The van der Waals surface area contributed by atoms with E-state index in [4.69, 9.17) is 5.11 Å². The number of unbranched alkanes of at least 4 members (excludes halogenated alkanes) is 2. The molecule has 0 bridgehead atoms. The summed E-state index contributed by atoms with van der Waals surface area (Å²) in [7, 11) is 0. The Morgan fingerprint density at radius 1 is 1.03 bits per heavy atom. The molecule has 6 unspecified atom stereocenters. The van der Waals surface area contributed by atoms with Crippen molar-refractivity contribution in [3.63, 3.8) is 0 Å². The summed E-state index contributed by atoms with van der Waals surface area (Å²) < 4.78 is 0. The van der Waals surface area contributed by atoms with E-state index in [0.717, 1.165) is 62.7 Å². The molecule has 4 heteroatoms. The van der Waals surface area contributed by atoms with Crippen molar-refractivity contribution in [2.24, 2.45) is 34.5 Å². The molecule has 0 aromatic rings. The molecule has 0 aliphatic heterocycles. The van der Waals surface area contributed by atoms with Crippen molar-refractivity contribution in [2.75, 3.05) is 0 Å². The van der Waals surface area contributed by atoms with Crippen molar-refractivity contribution >= 4 is 17.5 Å². The minimum atomic E-state index is -0.682. The molecule has 6 atom stereocenters. The Balaban J connectivity index is 0.000000293. The lowest BCUT2D eigenvalue weighted by molar-refractivity contribution is -0.137. The number of hydrogen-bond acceptors (Lipinski definition) is 3. The van der Waals surface area contributed by atoms with Crippen LogP contribution >= 0.6 is 0 Å². The molecule has 0 saturated heterocycles. The fourth-order valence-corrected chi connectivity index (χ4v) is 7.75. The average Bonchev–Trinajstić information content (AvgIpc) is 3.06. The van der Waals surface area contributed by atoms with Crippen molar-refractivity contribution < 1.29 is 19.5 Å². The standard InChI is InChI=1S/C21H30O2.C6H12O2/c1-13(22)17-6-7-18-16-5-4-14-12-15(23)8-10-20(14,2)19(16)9-11-21(17,18)3;1-2-3-4-5-6(7)8/h12,16-19H,4-11H2,1-3H3;2-5H2,1H3,(H,7,8). The van der Waals surface area contributed by atoms with Crippen molar-refractivity contribution in [3.05, 3.63) is 11.6 Å². The van der Waals surface area contributed by atoms with Crippen LogP contribution in [0.25, 0.3) is 0 Å². The number of Topliss-reactive ketones (excluding diaryl/α,β-unsaturated/α-hetero) is 1. The molecule has 0 aromatic carbocycles. The first-order valence-electron chi connectivity index (χ1n) is 12.6. The number of hydrogen-bond donors (Lipinski definition) is 1. The second kappa shape index (κ2) is 9.58. The van der Waals surface area contributed by atoms with Crippen molar-refractivity contribution in [1.82, 2.24) is 0 Å². The molecular formula is C27H42O4. The molecule has 4 aliphatic rings. The van der Waals surface area contributed by atoms with Crippen LogP contribution in [0.15, 0.2) is 11.6 Å². The van der Waals surface area contributed by atoms with Gasteiger partial charge in [-0.2, -0.15) is 0 Å². The zero-order chi connectivity index (χ0) is 22.8. The first-order chi connectivity index (χ1) is 14.6. The summed E-state index contributed by atoms with van der Waals surface area (Å²) in [6.07, 6.45) is 14.2. The lowest BCUT2D eigenvalue weighted by Gasteiger charge is -2.58. The van der Waals surface area contributed by atoms with Crippen LogP contribution in [0.3, 0.4) is 0 Å². The third kappa shape index (κ3) is 4.68. The predicted molar refractivity (Wildman–Crippen MR) is 123 cm³/mol. The zero-order valence-corrected chi connectivity index (χ0v) is 20.0. The van der Waals surface area contributed by atoms with Crippen molar-refractivity contribution in [2.45, 2.75) is 105 Å². The molecule has 0 spiro atoms. The zero-order valence-electron chi connectivity index (χ0n) is 20.0. The van der Waals surface area contributed by atoms with Gasteiger partial charge >= 0.3 is 5.97 Å². The van der Waals surface area contributed by atoms with E-state index in [9.17, 15) is 14.4 Å². The second-order valence-corrected chi connectivity index (χ2v) is 11.1. The van der Waals surface area contributed by atoms with Gasteiger partial charge in [-0.1, -0.05) is 39.2 Å². The summed E-state index contributed by atoms with van der Waals surface area (Å²) in [6, 6.07) is 0. The minimum Gasteiger partial charge on any atom is -0.481 e. The number of fused-ring (bicyclic) bond motifs is 5. The lowest BCUT2D eigenvalue weighted by Crippen LogP contribution is -2.51. The Hall–Kier alpha value is -1.45. The van der Waals surface area contributed by atoms with Gasteiger partial charge in [0.05, 0.1) is 0 Å². The molecule has 1 N–H and O–H groups in total. The van der Waals surface area contributed by atoms with Crippen LogP contribution in [0, 0.1) is 34.5 Å². The van der Waals surface area contributed by atoms with E-state index in [0.29, 0.717) is 23.9 Å². The number of carbonyl (C=O) groups is 3. The van der Waals surface area contributed by atoms with E-state index >= 15 is 0 Å². The highest BCUT2D eigenvalue weighted by molar-refractivity contribution is 5.91. The maximum Gasteiger partial charge on any atom is 0.303 e. The van der Waals surface area contributed by atoms with Gasteiger partial charge in [-0.25, -0.2) is 0 Å². The number of carboxylic acid groups (broad SMARTS) is 1. The van der Waals surface area contributed by atoms with E-state index in [-0.39, 0.29) is 10.8 Å². The van der Waals surface area contributed by atoms with Gasteiger partial charge in [-0.05, 0) is 93.0 Å². The lowest BCUT2D eigenvalue weighted by atomic mass is 9.47. The van der Waals surface area contributed by atoms with Gasteiger partial charge < -0.3 is 5.11 Å². The fourth-order valence-electron chi connectivity index (χ4n) is 7.75. The molecule has 3 saturated carbocycles. The number of ketones is 2. The van der Waals surface area contributed by atoms with Crippen LogP contribution in [0.1, 0.15) is 105 Å². The molecule has 3 fully saturated rings. The quantitative estimate of drug-likeness (QED) is 0.514. The minimum absolute atomic E-state index is 0.245. The summed E-state index contributed by atoms with van der Waals surface area (Å²) >= 11 is 0. The van der Waals surface area contributed by atoms with Crippen LogP contribution in [0.5, 0.6) is 0 Å². The molecule has 31 heavy (non-hydrogen) atoms. The van der Waals surface area contributed by atoms with Gasteiger partial charge in [0.25, 0.3) is 0 Å². The van der Waals surface area contributed by atoms with Gasteiger partial charge in [-0.15, -0.1) is 0 Å². The van der Waals surface area contributed by atoms with Gasteiger partial charge in [0.1, 0.15) is 5.78 Å². The third-order valence-corrected chi connectivity index (χ3v) is 9.45. The topological polar surface area (TPSA) is 71.4 Å². The third-order valence-electron chi connectivity index (χ3n) is 9.45. The normalized spacial score (nSPS) is 38.7. The Morgan fingerprint density at radius 3 is 2.42 bits per heavy atom. The second-order valence-electron chi connectivity index (χ2n) is 11.1. The van der Waals surface area contributed by atoms with Crippen LogP contribution in [-0.4, -0.2) is 22.6 Å². The molecule has 4 rings (SSSR count). The molecular weight excluding hydrogens is 388 g/mol. The summed E-state index contributed by atoms with van der Waals surface area (Å²) in [6.45, 7) is 8.70. The van der Waals surface area contributed by atoms with Crippen LogP contribution in [0.2, 0.25) is 0 Å². The van der Waals surface area contributed by atoms with Gasteiger partial charge in [0.2, 0.25) is 0 Å². The highest BCUT2D eigenvalue weighted by atomic mass is 16.4. The largest absolute Gasteiger partial charge is 0.481 e. The molecule has 4 nitrogen and oxygen atoms in total. The molecule has 0 aromatic heterocycles. The first-order valence-corrected chi connectivity index (χ1v) is 12.6. The first kappa shape index (κ1) is 24.2. The highest BCUT2D eigenvalue weighted by Gasteiger charge is 2.59. The summed E-state index contributed by atoms with van der Waals surface area (Å²) in [5.74, 6) is 2.61. The average molecular weight is 431 g/mol. The summed E-state index contributed by atoms with van der Waals surface area (Å²) in [5.41, 5.74) is 1.95. The Labute approximate surface area is 188 Å². The highest BCUT2D eigenvalue weighted by Crippen LogP contribution is 2.66. The molecule has 4 aliphatic carbocycles. The van der Waals surface area contributed by atoms with E-state index in [1.54, 1.807) is 6.92 Å². The number of carboxylic acids is 1. The molecule has 0 radical (unpaired) electrons. The Kier molecular flexibility index (Phi) is 7.48. The number of allylic oxidation sites excluding steroid dienone is 1. The molecule has 174 valence electrons. The molecule has 0 heterocycles. The summed E-state index contributed by atoms with van der Waals surface area (Å²) in [4.78, 5) is 33.9. The number of carbonyl (C=O) groups excluding carboxylic acids is 2. The summed E-state index contributed by atoms with van der Waals surface area (Å²) in [5, 5.41) is 8.14. The smallest absolute Gasteiger partial charge is 0.303 e. The Bertz CT molecular complexity index is 738. The van der Waals surface area contributed by atoms with Gasteiger partial charge in [-0.3, -0.25) is 14.4 Å². The fraction of sp³-hybridized carbons (Fsp3) is 0.815. The van der Waals surface area contributed by atoms with Gasteiger partial charge in [0.15, 0.2) is 5.78 Å². The SMILES string of the molecule is CC(=O)C1CCC2C3CCC4=CC(=O)CCC4(C)C3CCC12C.CCCCCC(=O)O. The van der Waals surface area contributed by atoms with E-state index in [1.165, 1.54) is 31.3 Å². The number of aliphatic carboxylic acids is 1. The molecule has 0 amide bonds. The predicted octanol–water partition coefficient (Wildman–Crippen LogP) is 6.37. The van der Waals surface area contributed by atoms with E-state index < -0.39 is 5.97 Å². The van der Waals surface area contributed by atoms with Crippen molar-refractivity contribution in [1.29, 1.82) is 0 Å². The van der Waals surface area contributed by atoms with Crippen molar-refractivity contribution in [3.8, 4) is 0 Å². The van der Waals surface area contributed by atoms with E-state index in [2.05, 4.69) is 20.8 Å². The van der Waals surface area contributed by atoms with Crippen LogP contribution < -0.4 is 0 Å². The Morgan fingerprint density at radius 2 is 1.77 bits per heavy atom. The maximum atomic E-state index is 12.1. The van der Waals surface area contributed by atoms with E-state index in [1.807, 2.05) is 6.08 Å².